The molecule has 0 saturated carbocycles. The van der Waals surface area contributed by atoms with E-state index < -0.39 is 0 Å². The largest absolute Gasteiger partial charge is 0.348 e. The van der Waals surface area contributed by atoms with Crippen LogP contribution >= 0.6 is 12.2 Å². The van der Waals surface area contributed by atoms with Gasteiger partial charge in [0, 0.05) is 18.4 Å². The standard InChI is InChI=1S/C10H11N3OS/c1-6-3-4-7(13(6)2)5-8-9(14)12-10(15)11-8/h3-5H,1-2H3,(H2,11,12,14,15)/b8-5+. The van der Waals surface area contributed by atoms with Crippen LogP contribution in [0.3, 0.4) is 0 Å². The average molecular weight is 221 g/mol. The second-order valence-electron chi connectivity index (χ2n) is 3.42. The first-order valence-electron chi connectivity index (χ1n) is 4.54. The summed E-state index contributed by atoms with van der Waals surface area (Å²) in [4.78, 5) is 11.4. The second-order valence-corrected chi connectivity index (χ2v) is 3.83. The number of amides is 1. The minimum atomic E-state index is -0.182. The quantitative estimate of drug-likeness (QED) is 0.541. The van der Waals surface area contributed by atoms with Crippen LogP contribution in [0.15, 0.2) is 17.8 Å². The van der Waals surface area contributed by atoms with Crippen molar-refractivity contribution in [2.75, 3.05) is 0 Å². The van der Waals surface area contributed by atoms with Gasteiger partial charge in [-0.05, 0) is 37.4 Å². The molecule has 15 heavy (non-hydrogen) atoms. The van der Waals surface area contributed by atoms with Gasteiger partial charge in [-0.15, -0.1) is 0 Å². The van der Waals surface area contributed by atoms with Gasteiger partial charge < -0.3 is 9.88 Å². The van der Waals surface area contributed by atoms with Gasteiger partial charge in [-0.1, -0.05) is 0 Å². The summed E-state index contributed by atoms with van der Waals surface area (Å²) < 4.78 is 2.00. The van der Waals surface area contributed by atoms with Gasteiger partial charge in [-0.25, -0.2) is 0 Å². The lowest BCUT2D eigenvalue weighted by atomic mass is 10.3. The molecular weight excluding hydrogens is 210 g/mol. The Bertz CT molecular complexity index is 473. The number of aryl methyl sites for hydroxylation is 1. The Hall–Kier alpha value is -1.62. The predicted molar refractivity (Wildman–Crippen MR) is 62.0 cm³/mol. The van der Waals surface area contributed by atoms with E-state index in [0.29, 0.717) is 10.8 Å². The van der Waals surface area contributed by atoms with Crippen LogP contribution in [-0.4, -0.2) is 15.6 Å². The van der Waals surface area contributed by atoms with E-state index in [4.69, 9.17) is 12.2 Å². The molecule has 4 nitrogen and oxygen atoms in total. The number of carbonyl (C=O) groups is 1. The zero-order valence-electron chi connectivity index (χ0n) is 8.50. The van der Waals surface area contributed by atoms with Gasteiger partial charge >= 0.3 is 0 Å². The third-order valence-corrected chi connectivity index (χ3v) is 2.63. The highest BCUT2D eigenvalue weighted by atomic mass is 32.1. The summed E-state index contributed by atoms with van der Waals surface area (Å²) in [7, 11) is 1.95. The molecular formula is C10H11N3OS. The van der Waals surface area contributed by atoms with Crippen molar-refractivity contribution in [2.45, 2.75) is 6.92 Å². The van der Waals surface area contributed by atoms with Crippen LogP contribution < -0.4 is 10.6 Å². The van der Waals surface area contributed by atoms with E-state index in [2.05, 4.69) is 10.6 Å². The molecule has 1 saturated heterocycles. The number of aromatic nitrogens is 1. The number of nitrogens with zero attached hydrogens (tertiary/aromatic N) is 1. The zero-order valence-corrected chi connectivity index (χ0v) is 9.31. The van der Waals surface area contributed by atoms with Crippen molar-refractivity contribution in [1.29, 1.82) is 0 Å². The molecule has 0 radical (unpaired) electrons. The van der Waals surface area contributed by atoms with Gasteiger partial charge in [0.1, 0.15) is 5.70 Å². The van der Waals surface area contributed by atoms with Crippen LogP contribution in [0.25, 0.3) is 6.08 Å². The molecule has 1 amide bonds. The molecule has 0 unspecified atom stereocenters. The summed E-state index contributed by atoms with van der Waals surface area (Å²) in [5.41, 5.74) is 2.60. The van der Waals surface area contributed by atoms with E-state index in [1.165, 1.54) is 0 Å². The van der Waals surface area contributed by atoms with E-state index >= 15 is 0 Å². The molecule has 5 heteroatoms. The molecule has 0 spiro atoms. The number of thiocarbonyl (C=S) groups is 1. The van der Waals surface area contributed by atoms with E-state index in [0.717, 1.165) is 11.4 Å². The van der Waals surface area contributed by atoms with Crippen LogP contribution in [0.2, 0.25) is 0 Å². The highest BCUT2D eigenvalue weighted by molar-refractivity contribution is 7.80. The number of carbonyl (C=O) groups excluding carboxylic acids is 1. The van der Waals surface area contributed by atoms with Crippen molar-refractivity contribution in [1.82, 2.24) is 15.2 Å². The predicted octanol–water partition coefficient (Wildman–Crippen LogP) is 0.679. The normalized spacial score (nSPS) is 18.1. The van der Waals surface area contributed by atoms with Gasteiger partial charge in [0.2, 0.25) is 0 Å². The van der Waals surface area contributed by atoms with Crippen LogP contribution in [0, 0.1) is 6.92 Å². The average Bonchev–Trinajstić information content (AvgIpc) is 2.64. The topological polar surface area (TPSA) is 46.1 Å². The minimum absolute atomic E-state index is 0.182. The lowest BCUT2D eigenvalue weighted by Crippen LogP contribution is -2.21. The lowest BCUT2D eigenvalue weighted by molar-refractivity contribution is -0.115. The Morgan fingerprint density at radius 3 is 2.60 bits per heavy atom. The Morgan fingerprint density at radius 2 is 2.13 bits per heavy atom. The van der Waals surface area contributed by atoms with Crippen molar-refractivity contribution in [3.05, 3.63) is 29.2 Å². The molecule has 0 aromatic carbocycles. The Balaban J connectivity index is 2.35. The third-order valence-electron chi connectivity index (χ3n) is 2.42. The summed E-state index contributed by atoms with van der Waals surface area (Å²) >= 11 is 4.84. The molecule has 0 atom stereocenters. The Kier molecular flexibility index (Phi) is 2.32. The van der Waals surface area contributed by atoms with Crippen LogP contribution in [0.1, 0.15) is 11.4 Å². The van der Waals surface area contributed by atoms with Crippen molar-refractivity contribution >= 4 is 29.3 Å². The summed E-state index contributed by atoms with van der Waals surface area (Å²) in [5.74, 6) is -0.182. The Labute approximate surface area is 93.0 Å². The highest BCUT2D eigenvalue weighted by Crippen LogP contribution is 2.11. The fourth-order valence-electron chi connectivity index (χ4n) is 1.41. The van der Waals surface area contributed by atoms with Crippen molar-refractivity contribution in [3.63, 3.8) is 0 Å². The molecule has 1 aliphatic heterocycles. The third kappa shape index (κ3) is 1.78. The fourth-order valence-corrected chi connectivity index (χ4v) is 1.61. The van der Waals surface area contributed by atoms with Crippen molar-refractivity contribution in [2.24, 2.45) is 7.05 Å². The van der Waals surface area contributed by atoms with Gasteiger partial charge in [-0.3, -0.25) is 10.1 Å². The number of rotatable bonds is 1. The molecule has 2 rings (SSSR count). The van der Waals surface area contributed by atoms with Crippen molar-refractivity contribution < 1.29 is 4.79 Å². The molecule has 0 bridgehead atoms. The van der Waals surface area contributed by atoms with Gasteiger partial charge in [0.05, 0.1) is 0 Å². The van der Waals surface area contributed by atoms with Crippen LogP contribution in [0.4, 0.5) is 0 Å². The maximum Gasteiger partial charge on any atom is 0.273 e. The minimum Gasteiger partial charge on any atom is -0.348 e. The first-order chi connectivity index (χ1) is 7.08. The highest BCUT2D eigenvalue weighted by Gasteiger charge is 2.20. The smallest absolute Gasteiger partial charge is 0.273 e. The molecule has 1 aromatic rings. The van der Waals surface area contributed by atoms with E-state index in [1.807, 2.05) is 30.7 Å². The fraction of sp³-hybridized carbons (Fsp3) is 0.200. The van der Waals surface area contributed by atoms with Crippen molar-refractivity contribution in [3.8, 4) is 0 Å². The summed E-state index contributed by atoms with van der Waals surface area (Å²) in [5, 5.41) is 5.68. The number of hydrogen-bond acceptors (Lipinski definition) is 2. The van der Waals surface area contributed by atoms with Gasteiger partial charge in [0.25, 0.3) is 5.91 Å². The SMILES string of the molecule is Cc1ccc(/C=C2/NC(=S)NC2=O)n1C. The first-order valence-corrected chi connectivity index (χ1v) is 4.95. The van der Waals surface area contributed by atoms with Crippen LogP contribution in [0.5, 0.6) is 0 Å². The molecule has 1 fully saturated rings. The van der Waals surface area contributed by atoms with Crippen LogP contribution in [-0.2, 0) is 11.8 Å². The van der Waals surface area contributed by atoms with E-state index in [9.17, 15) is 4.79 Å². The molecule has 1 aliphatic rings. The summed E-state index contributed by atoms with van der Waals surface area (Å²) in [6.45, 7) is 2.01. The second kappa shape index (κ2) is 3.51. The first kappa shape index (κ1) is 9.92. The lowest BCUT2D eigenvalue weighted by Gasteiger charge is -2.00. The van der Waals surface area contributed by atoms with Gasteiger partial charge in [-0.2, -0.15) is 0 Å². The monoisotopic (exact) mass is 221 g/mol. The number of nitrogens with one attached hydrogen (secondary N) is 2. The summed E-state index contributed by atoms with van der Waals surface area (Å²) in [6, 6.07) is 3.95. The maximum absolute atomic E-state index is 11.4. The maximum atomic E-state index is 11.4. The molecule has 78 valence electrons. The van der Waals surface area contributed by atoms with Gasteiger partial charge in [0.15, 0.2) is 5.11 Å². The zero-order chi connectivity index (χ0) is 11.0. The summed E-state index contributed by atoms with van der Waals surface area (Å²) in [6.07, 6.45) is 1.78. The molecule has 2 N–H and O–H groups in total. The Morgan fingerprint density at radius 1 is 1.40 bits per heavy atom. The molecule has 2 heterocycles. The van der Waals surface area contributed by atoms with E-state index in [1.54, 1.807) is 6.08 Å². The molecule has 1 aromatic heterocycles. The number of hydrogen-bond donors (Lipinski definition) is 2. The molecule has 0 aliphatic carbocycles. The van der Waals surface area contributed by atoms with E-state index in [-0.39, 0.29) is 5.91 Å².